The predicted octanol–water partition coefficient (Wildman–Crippen LogP) is 2.68. The first-order chi connectivity index (χ1) is 20.2. The van der Waals surface area contributed by atoms with Gasteiger partial charge < -0.3 is 52.7 Å². The molecule has 0 spiro atoms. The summed E-state index contributed by atoms with van der Waals surface area (Å²) in [4.78, 5) is 11.0. The molecule has 1 saturated heterocycles. The van der Waals surface area contributed by atoms with Gasteiger partial charge in [-0.3, -0.25) is 4.79 Å². The van der Waals surface area contributed by atoms with Gasteiger partial charge in [0.1, 0.15) is 12.4 Å². The normalized spacial score (nSPS) is 15.2. The van der Waals surface area contributed by atoms with Crippen molar-refractivity contribution in [2.24, 2.45) is 0 Å². The Bertz CT molecular complexity index is 732. The summed E-state index contributed by atoms with van der Waals surface area (Å²) < 4.78 is 55.0. The average molecular weight is 588 g/mol. The average Bonchev–Trinajstić information content (AvgIpc) is 2.98. The van der Waals surface area contributed by atoms with E-state index in [1.54, 1.807) is 24.3 Å². The van der Waals surface area contributed by atoms with E-state index in [9.17, 15) is 4.79 Å². The van der Waals surface area contributed by atoms with Crippen LogP contribution in [-0.2, 0) is 47.4 Å². The standard InChI is InChI=1S/C29H49NO11/c1-26(31)30-27-5-7-28(8-6-27)39-24-22-37-20-18-35-16-14-33-12-10-32-11-13-34-15-17-36-19-21-38-23-25-41-29-4-2-3-9-40-29/h5-8,29H,2-4,9-25H2,1H3,(H,30,31). The molecule has 1 aromatic carbocycles. The highest BCUT2D eigenvalue weighted by Crippen LogP contribution is 2.15. The molecular formula is C29H49NO11. The Labute approximate surface area is 244 Å². The molecule has 2 rings (SSSR count). The minimum absolute atomic E-state index is 0.0668. The van der Waals surface area contributed by atoms with Crippen molar-refractivity contribution in [2.45, 2.75) is 32.5 Å². The van der Waals surface area contributed by atoms with Gasteiger partial charge in [0.2, 0.25) is 5.91 Å². The van der Waals surface area contributed by atoms with Gasteiger partial charge in [0.15, 0.2) is 6.29 Å². The molecule has 1 atom stereocenters. The Morgan fingerprint density at radius 1 is 0.659 bits per heavy atom. The first kappa shape index (κ1) is 35.3. The van der Waals surface area contributed by atoms with E-state index < -0.39 is 0 Å². The maximum atomic E-state index is 11.0. The van der Waals surface area contributed by atoms with E-state index in [1.165, 1.54) is 6.92 Å². The van der Waals surface area contributed by atoms with Gasteiger partial charge in [0, 0.05) is 19.2 Å². The van der Waals surface area contributed by atoms with Crippen LogP contribution in [-0.4, -0.2) is 125 Å². The maximum Gasteiger partial charge on any atom is 0.221 e. The third-order valence-corrected chi connectivity index (χ3v) is 5.57. The first-order valence-corrected chi connectivity index (χ1v) is 14.5. The second kappa shape index (κ2) is 25.8. The number of amides is 1. The second-order valence-corrected chi connectivity index (χ2v) is 9.01. The van der Waals surface area contributed by atoms with E-state index in [1.807, 2.05) is 0 Å². The Hall–Kier alpha value is -1.87. The second-order valence-electron chi connectivity index (χ2n) is 9.01. The highest BCUT2D eigenvalue weighted by molar-refractivity contribution is 5.88. The zero-order valence-electron chi connectivity index (χ0n) is 24.5. The minimum atomic E-state index is -0.105. The molecule has 12 heteroatoms. The van der Waals surface area contributed by atoms with E-state index >= 15 is 0 Å². The lowest BCUT2D eigenvalue weighted by molar-refractivity contribution is -0.169. The van der Waals surface area contributed by atoms with Crippen molar-refractivity contribution in [2.75, 3.05) is 118 Å². The van der Waals surface area contributed by atoms with Crippen molar-refractivity contribution in [3.05, 3.63) is 24.3 Å². The molecule has 0 aliphatic carbocycles. The quantitative estimate of drug-likeness (QED) is 0.153. The zero-order chi connectivity index (χ0) is 29.1. The number of hydrogen-bond donors (Lipinski definition) is 1. The van der Waals surface area contributed by atoms with E-state index in [4.69, 9.17) is 47.4 Å². The summed E-state index contributed by atoms with van der Waals surface area (Å²) in [6, 6.07) is 7.18. The molecule has 0 radical (unpaired) electrons. The van der Waals surface area contributed by atoms with Gasteiger partial charge in [0.05, 0.1) is 99.1 Å². The molecule has 12 nitrogen and oxygen atoms in total. The van der Waals surface area contributed by atoms with E-state index in [0.717, 1.165) is 37.3 Å². The number of rotatable bonds is 27. The van der Waals surface area contributed by atoms with Gasteiger partial charge in [0.25, 0.3) is 0 Å². The summed E-state index contributed by atoms with van der Waals surface area (Å²) in [5.74, 6) is 0.615. The molecule has 41 heavy (non-hydrogen) atoms. The molecule has 1 aliphatic rings. The molecule has 1 aromatic rings. The number of ether oxygens (including phenoxy) is 10. The largest absolute Gasteiger partial charge is 0.491 e. The molecule has 1 unspecified atom stereocenters. The Kier molecular flexibility index (Phi) is 22.2. The fourth-order valence-electron chi connectivity index (χ4n) is 3.56. The van der Waals surface area contributed by atoms with Crippen molar-refractivity contribution >= 4 is 11.6 Å². The number of nitrogens with one attached hydrogen (secondary N) is 1. The van der Waals surface area contributed by atoms with Gasteiger partial charge in [-0.1, -0.05) is 0 Å². The first-order valence-electron chi connectivity index (χ1n) is 14.5. The zero-order valence-corrected chi connectivity index (χ0v) is 24.5. The lowest BCUT2D eigenvalue weighted by atomic mass is 10.2. The van der Waals surface area contributed by atoms with Gasteiger partial charge >= 0.3 is 0 Å². The summed E-state index contributed by atoms with van der Waals surface area (Å²) in [5.41, 5.74) is 0.735. The fourth-order valence-corrected chi connectivity index (χ4v) is 3.56. The number of carbonyl (C=O) groups is 1. The SMILES string of the molecule is CC(=O)Nc1ccc(OCCOCCOCCOCCOCCOCCOCCOCCOC2CCCCO2)cc1. The predicted molar refractivity (Wildman–Crippen MR) is 152 cm³/mol. The molecule has 1 aliphatic heterocycles. The number of benzene rings is 1. The molecule has 1 fully saturated rings. The highest BCUT2D eigenvalue weighted by atomic mass is 16.7. The summed E-state index contributed by atoms with van der Waals surface area (Å²) in [6.07, 6.45) is 3.19. The minimum Gasteiger partial charge on any atom is -0.491 e. The lowest BCUT2D eigenvalue weighted by Crippen LogP contribution is -2.24. The van der Waals surface area contributed by atoms with Crippen LogP contribution in [0, 0.1) is 0 Å². The molecule has 236 valence electrons. The molecule has 0 saturated carbocycles. The van der Waals surface area contributed by atoms with Crippen molar-refractivity contribution in [1.82, 2.24) is 0 Å². The van der Waals surface area contributed by atoms with Crippen molar-refractivity contribution in [1.29, 1.82) is 0 Å². The maximum absolute atomic E-state index is 11.0. The van der Waals surface area contributed by atoms with Crippen LogP contribution >= 0.6 is 0 Å². The fraction of sp³-hybridized carbons (Fsp3) is 0.759. The van der Waals surface area contributed by atoms with E-state index in [2.05, 4.69) is 5.32 Å². The van der Waals surface area contributed by atoms with Crippen LogP contribution < -0.4 is 10.1 Å². The lowest BCUT2D eigenvalue weighted by Gasteiger charge is -2.22. The third kappa shape index (κ3) is 21.5. The highest BCUT2D eigenvalue weighted by Gasteiger charge is 2.13. The van der Waals surface area contributed by atoms with Crippen LogP contribution in [0.1, 0.15) is 26.2 Å². The van der Waals surface area contributed by atoms with Crippen molar-refractivity contribution in [3.8, 4) is 5.75 Å². The van der Waals surface area contributed by atoms with Gasteiger partial charge in [-0.25, -0.2) is 0 Å². The molecule has 1 heterocycles. The number of anilines is 1. The summed E-state index contributed by atoms with van der Waals surface area (Å²) in [6.45, 7) is 10.4. The summed E-state index contributed by atoms with van der Waals surface area (Å²) in [7, 11) is 0. The number of hydrogen-bond acceptors (Lipinski definition) is 11. The topological polar surface area (TPSA) is 121 Å². The van der Waals surface area contributed by atoms with Gasteiger partial charge in [-0.05, 0) is 43.5 Å². The van der Waals surface area contributed by atoms with Gasteiger partial charge in [-0.15, -0.1) is 0 Å². The monoisotopic (exact) mass is 587 g/mol. The van der Waals surface area contributed by atoms with Crippen LogP contribution in [0.4, 0.5) is 5.69 Å². The van der Waals surface area contributed by atoms with Gasteiger partial charge in [-0.2, -0.15) is 0 Å². The third-order valence-electron chi connectivity index (χ3n) is 5.57. The van der Waals surface area contributed by atoms with E-state index in [0.29, 0.717) is 106 Å². The summed E-state index contributed by atoms with van der Waals surface area (Å²) in [5, 5.41) is 2.71. The van der Waals surface area contributed by atoms with Crippen LogP contribution in [0.15, 0.2) is 24.3 Å². The van der Waals surface area contributed by atoms with Crippen molar-refractivity contribution < 1.29 is 52.2 Å². The molecule has 1 amide bonds. The molecule has 1 N–H and O–H groups in total. The summed E-state index contributed by atoms with van der Waals surface area (Å²) >= 11 is 0. The van der Waals surface area contributed by atoms with Crippen LogP contribution in [0.5, 0.6) is 5.75 Å². The van der Waals surface area contributed by atoms with Crippen LogP contribution in [0.3, 0.4) is 0 Å². The smallest absolute Gasteiger partial charge is 0.221 e. The van der Waals surface area contributed by atoms with Crippen molar-refractivity contribution in [3.63, 3.8) is 0 Å². The number of carbonyl (C=O) groups excluding carboxylic acids is 1. The molecule has 0 aromatic heterocycles. The molecular weight excluding hydrogens is 538 g/mol. The Balaban J connectivity index is 1.19. The van der Waals surface area contributed by atoms with Crippen LogP contribution in [0.25, 0.3) is 0 Å². The Morgan fingerprint density at radius 2 is 1.10 bits per heavy atom. The molecule has 0 bridgehead atoms. The Morgan fingerprint density at radius 3 is 1.51 bits per heavy atom. The van der Waals surface area contributed by atoms with Crippen LogP contribution in [0.2, 0.25) is 0 Å². The van der Waals surface area contributed by atoms with E-state index in [-0.39, 0.29) is 12.2 Å².